The van der Waals surface area contributed by atoms with E-state index in [1.807, 2.05) is 6.07 Å². The maximum atomic E-state index is 12.8. The summed E-state index contributed by atoms with van der Waals surface area (Å²) in [6, 6.07) is 7.08. The second-order valence-electron chi connectivity index (χ2n) is 3.79. The van der Waals surface area contributed by atoms with Crippen molar-refractivity contribution in [2.24, 2.45) is 0 Å². The first-order valence-corrected chi connectivity index (χ1v) is 7.40. The van der Waals surface area contributed by atoms with Crippen LogP contribution in [0, 0.1) is 3.57 Å². The molecule has 0 N–H and O–H groups in total. The fraction of sp³-hybridized carbons (Fsp3) is 0.300. The summed E-state index contributed by atoms with van der Waals surface area (Å²) in [6.45, 7) is -0.113. The van der Waals surface area contributed by atoms with Crippen molar-refractivity contribution in [1.29, 1.82) is 0 Å². The highest BCUT2D eigenvalue weighted by Crippen LogP contribution is 2.26. The topological polar surface area (TPSA) is 54.5 Å². The van der Waals surface area contributed by atoms with Crippen LogP contribution in [0.25, 0.3) is 0 Å². The first-order valence-electron chi connectivity index (χ1n) is 4.87. The molecule has 0 bridgehead atoms. The number of hydrogen-bond acceptors (Lipinski definition) is 3. The van der Waals surface area contributed by atoms with Gasteiger partial charge in [-0.25, -0.2) is 0 Å². The van der Waals surface area contributed by atoms with Gasteiger partial charge in [0, 0.05) is 22.2 Å². The van der Waals surface area contributed by atoms with E-state index < -0.39 is 15.5 Å². The molecule has 17 heavy (non-hydrogen) atoms. The Balaban J connectivity index is 2.28. The highest BCUT2D eigenvalue weighted by atomic mass is 127. The molecular formula is C10H9FINO3S. The van der Waals surface area contributed by atoms with Gasteiger partial charge in [-0.1, -0.05) is 6.07 Å². The highest BCUT2D eigenvalue weighted by Gasteiger charge is 2.38. The van der Waals surface area contributed by atoms with Crippen LogP contribution in [0.5, 0.6) is 0 Å². The SMILES string of the molecule is O=C1CC(S(=O)(=O)F)CN1c1cccc(I)c1. The van der Waals surface area contributed by atoms with Crippen LogP contribution in [0.15, 0.2) is 24.3 Å². The molecule has 1 heterocycles. The van der Waals surface area contributed by atoms with Crippen molar-refractivity contribution in [1.82, 2.24) is 0 Å². The van der Waals surface area contributed by atoms with Crippen LogP contribution < -0.4 is 4.90 Å². The summed E-state index contributed by atoms with van der Waals surface area (Å²) in [5.74, 6) is -0.363. The van der Waals surface area contributed by atoms with Crippen molar-refractivity contribution in [2.75, 3.05) is 11.4 Å². The number of rotatable bonds is 2. The van der Waals surface area contributed by atoms with Gasteiger partial charge in [-0.2, -0.15) is 8.42 Å². The van der Waals surface area contributed by atoms with Gasteiger partial charge in [0.2, 0.25) is 5.91 Å². The lowest BCUT2D eigenvalue weighted by atomic mass is 10.3. The molecule has 0 radical (unpaired) electrons. The molecule has 1 aromatic carbocycles. The number of benzene rings is 1. The zero-order chi connectivity index (χ0) is 12.6. The average molecular weight is 369 g/mol. The Morgan fingerprint density at radius 2 is 2.12 bits per heavy atom. The van der Waals surface area contributed by atoms with Crippen molar-refractivity contribution in [3.63, 3.8) is 0 Å². The summed E-state index contributed by atoms with van der Waals surface area (Å²) < 4.78 is 35.3. The average Bonchev–Trinajstić information content (AvgIpc) is 2.60. The molecule has 1 unspecified atom stereocenters. The quantitative estimate of drug-likeness (QED) is 0.589. The minimum absolute atomic E-state index is 0.113. The molecule has 1 aliphatic rings. The summed E-state index contributed by atoms with van der Waals surface area (Å²) in [7, 11) is -4.65. The first kappa shape index (κ1) is 12.7. The second-order valence-corrected chi connectivity index (χ2v) is 6.65. The maximum Gasteiger partial charge on any atom is 0.307 e. The van der Waals surface area contributed by atoms with Crippen LogP contribution in [0.2, 0.25) is 0 Å². The fourth-order valence-corrected chi connectivity index (χ4v) is 2.95. The Morgan fingerprint density at radius 3 is 2.65 bits per heavy atom. The Bertz CT molecular complexity index is 560. The molecule has 1 aliphatic heterocycles. The van der Waals surface area contributed by atoms with E-state index in [0.29, 0.717) is 5.69 Å². The lowest BCUT2D eigenvalue weighted by Crippen LogP contribution is -2.26. The predicted octanol–water partition coefficient (Wildman–Crippen LogP) is 1.70. The van der Waals surface area contributed by atoms with Gasteiger partial charge in [0.1, 0.15) is 5.25 Å². The summed E-state index contributed by atoms with van der Waals surface area (Å²) >= 11 is 2.09. The Hall–Kier alpha value is -0.700. The first-order chi connectivity index (χ1) is 7.88. The molecule has 1 fully saturated rings. The normalized spacial score (nSPS) is 20.9. The van der Waals surface area contributed by atoms with Crippen molar-refractivity contribution < 1.29 is 17.1 Å². The Labute approximate surface area is 112 Å². The minimum atomic E-state index is -4.65. The van der Waals surface area contributed by atoms with E-state index in [4.69, 9.17) is 0 Å². The Morgan fingerprint density at radius 1 is 1.41 bits per heavy atom. The summed E-state index contributed by atoms with van der Waals surface area (Å²) in [5, 5.41) is -1.24. The van der Waals surface area contributed by atoms with Crippen LogP contribution in [0.3, 0.4) is 0 Å². The third-order valence-corrected chi connectivity index (χ3v) is 4.39. The van der Waals surface area contributed by atoms with Crippen molar-refractivity contribution >= 4 is 44.4 Å². The molecule has 4 nitrogen and oxygen atoms in total. The molecule has 1 amide bonds. The van der Waals surface area contributed by atoms with Gasteiger partial charge in [0.15, 0.2) is 0 Å². The number of carbonyl (C=O) groups is 1. The molecule has 1 aromatic rings. The fourth-order valence-electron chi connectivity index (χ4n) is 1.76. The largest absolute Gasteiger partial charge is 0.311 e. The van der Waals surface area contributed by atoms with E-state index in [1.54, 1.807) is 18.2 Å². The molecule has 1 saturated heterocycles. The second kappa shape index (κ2) is 4.52. The molecule has 0 aromatic heterocycles. The van der Waals surface area contributed by atoms with E-state index in [1.165, 1.54) is 4.90 Å². The van der Waals surface area contributed by atoms with Crippen LogP contribution >= 0.6 is 22.6 Å². The van der Waals surface area contributed by atoms with Crippen LogP contribution in [0.4, 0.5) is 9.57 Å². The maximum absolute atomic E-state index is 12.8. The van der Waals surface area contributed by atoms with Gasteiger partial charge in [0.05, 0.1) is 0 Å². The predicted molar refractivity (Wildman–Crippen MR) is 69.9 cm³/mol. The molecule has 1 atom stereocenters. The van der Waals surface area contributed by atoms with Crippen LogP contribution in [-0.4, -0.2) is 26.1 Å². The van der Waals surface area contributed by atoms with Crippen molar-refractivity contribution in [2.45, 2.75) is 11.7 Å². The zero-order valence-electron chi connectivity index (χ0n) is 8.64. The van der Waals surface area contributed by atoms with Crippen LogP contribution in [-0.2, 0) is 15.0 Å². The van der Waals surface area contributed by atoms with E-state index in [9.17, 15) is 17.1 Å². The lowest BCUT2D eigenvalue weighted by molar-refractivity contribution is -0.117. The minimum Gasteiger partial charge on any atom is -0.311 e. The molecule has 0 spiro atoms. The summed E-state index contributed by atoms with van der Waals surface area (Å²) in [6.07, 6.45) is -0.287. The molecule has 92 valence electrons. The summed E-state index contributed by atoms with van der Waals surface area (Å²) in [5.41, 5.74) is 0.605. The molecule has 0 aliphatic carbocycles. The molecule has 7 heteroatoms. The van der Waals surface area contributed by atoms with E-state index in [-0.39, 0.29) is 18.9 Å². The number of amides is 1. The number of anilines is 1. The van der Waals surface area contributed by atoms with E-state index in [2.05, 4.69) is 22.6 Å². The van der Waals surface area contributed by atoms with Crippen LogP contribution in [0.1, 0.15) is 6.42 Å². The standard InChI is InChI=1S/C10H9FINO3S/c11-17(15,16)9-5-10(14)13(6-9)8-3-1-2-7(12)4-8/h1-4,9H,5-6H2. The van der Waals surface area contributed by atoms with Crippen molar-refractivity contribution in [3.8, 4) is 0 Å². The molecular weight excluding hydrogens is 360 g/mol. The van der Waals surface area contributed by atoms with E-state index in [0.717, 1.165) is 3.57 Å². The van der Waals surface area contributed by atoms with E-state index >= 15 is 0 Å². The molecule has 2 rings (SSSR count). The van der Waals surface area contributed by atoms with Gasteiger partial charge in [-0.05, 0) is 40.8 Å². The number of hydrogen-bond donors (Lipinski definition) is 0. The lowest BCUT2D eigenvalue weighted by Gasteiger charge is -2.16. The van der Waals surface area contributed by atoms with Crippen molar-refractivity contribution in [3.05, 3.63) is 27.8 Å². The monoisotopic (exact) mass is 369 g/mol. The smallest absolute Gasteiger partial charge is 0.307 e. The van der Waals surface area contributed by atoms with Gasteiger partial charge < -0.3 is 4.90 Å². The number of carbonyl (C=O) groups excluding carboxylic acids is 1. The third kappa shape index (κ3) is 2.76. The summed E-state index contributed by atoms with van der Waals surface area (Å²) in [4.78, 5) is 12.9. The third-order valence-electron chi connectivity index (χ3n) is 2.61. The van der Waals surface area contributed by atoms with Gasteiger partial charge in [0.25, 0.3) is 0 Å². The van der Waals surface area contributed by atoms with Gasteiger partial charge in [-0.15, -0.1) is 3.89 Å². The zero-order valence-corrected chi connectivity index (χ0v) is 11.6. The Kier molecular flexibility index (Phi) is 3.39. The number of halogens is 2. The van der Waals surface area contributed by atoms with Gasteiger partial charge >= 0.3 is 10.2 Å². The van der Waals surface area contributed by atoms with Gasteiger partial charge in [-0.3, -0.25) is 4.79 Å². The molecule has 0 saturated carbocycles. The highest BCUT2D eigenvalue weighted by molar-refractivity contribution is 14.1. The number of nitrogens with zero attached hydrogens (tertiary/aromatic N) is 1.